The van der Waals surface area contributed by atoms with E-state index >= 15 is 0 Å². The minimum atomic E-state index is 0. The predicted octanol–water partition coefficient (Wildman–Crippen LogP) is 7.75. The Hall–Kier alpha value is -1.74. The quantitative estimate of drug-likeness (QED) is 0.225. The number of hydrogen-bond donors (Lipinski definition) is 0. The van der Waals surface area contributed by atoms with Crippen LogP contribution in [0.5, 0.6) is 0 Å². The third-order valence-corrected chi connectivity index (χ3v) is 6.73. The Morgan fingerprint density at radius 3 is 1.62 bits per heavy atom. The predicted molar refractivity (Wildman–Crippen MR) is 128 cm³/mol. The van der Waals surface area contributed by atoms with Crippen molar-refractivity contribution in [2.75, 3.05) is 0 Å². The van der Waals surface area contributed by atoms with Gasteiger partial charge in [-0.25, -0.2) is 15.0 Å². The molecule has 4 aromatic rings. The van der Waals surface area contributed by atoms with E-state index in [1.165, 1.54) is 5.56 Å². The van der Waals surface area contributed by atoms with Gasteiger partial charge in [0.05, 0.1) is 20.3 Å². The van der Waals surface area contributed by atoms with E-state index in [-0.39, 0.29) is 28.6 Å². The van der Waals surface area contributed by atoms with Crippen molar-refractivity contribution in [3.63, 3.8) is 0 Å². The van der Waals surface area contributed by atoms with Crippen LogP contribution in [0.1, 0.15) is 62.0 Å². The fourth-order valence-electron chi connectivity index (χ4n) is 3.15. The molecule has 0 spiro atoms. The Kier molecular flexibility index (Phi) is 8.14. The Morgan fingerprint density at radius 2 is 1.22 bits per heavy atom. The van der Waals surface area contributed by atoms with Crippen molar-refractivity contribution in [2.45, 2.75) is 46.0 Å². The average molecular weight is 604 g/mol. The van der Waals surface area contributed by atoms with E-state index in [0.717, 1.165) is 25.9 Å². The zero-order valence-corrected chi connectivity index (χ0v) is 22.4. The summed E-state index contributed by atoms with van der Waals surface area (Å²) in [4.78, 5) is 14.2. The van der Waals surface area contributed by atoms with Gasteiger partial charge in [0, 0.05) is 16.8 Å². The van der Waals surface area contributed by atoms with Gasteiger partial charge in [0.15, 0.2) is 0 Å². The fourth-order valence-corrected chi connectivity index (χ4v) is 4.61. The maximum Gasteiger partial charge on any atom is 0.246 e. The second kappa shape index (κ2) is 10.5. The van der Waals surface area contributed by atoms with Gasteiger partial charge in [0.2, 0.25) is 11.8 Å². The summed E-state index contributed by atoms with van der Waals surface area (Å²) in [6, 6.07) is 10.3. The van der Waals surface area contributed by atoms with E-state index in [1.807, 2.05) is 18.2 Å². The van der Waals surface area contributed by atoms with Crippen LogP contribution in [-0.2, 0) is 23.2 Å². The van der Waals surface area contributed by atoms with E-state index in [0.29, 0.717) is 29.6 Å². The Morgan fingerprint density at radius 1 is 0.750 bits per heavy atom. The summed E-state index contributed by atoms with van der Waals surface area (Å²) in [7, 11) is 0. The smallest absolute Gasteiger partial charge is 0.246 e. The molecule has 0 aliphatic carbocycles. The van der Waals surface area contributed by atoms with Crippen molar-refractivity contribution in [1.29, 1.82) is 0 Å². The molecule has 0 aliphatic rings. The monoisotopic (exact) mass is 602 g/mol. The summed E-state index contributed by atoms with van der Waals surface area (Å²) in [6.45, 7) is 8.33. The summed E-state index contributed by atoms with van der Waals surface area (Å²) in [5, 5.41) is 0. The van der Waals surface area contributed by atoms with E-state index in [4.69, 9.17) is 13.8 Å². The maximum atomic E-state index is 5.80. The van der Waals surface area contributed by atoms with Gasteiger partial charge in [-0.1, -0.05) is 58.0 Å². The molecule has 1 radical (unpaired) electrons. The largest absolute Gasteiger partial charge is 0.443 e. The molecule has 4 rings (SSSR count). The van der Waals surface area contributed by atoms with Gasteiger partial charge in [0.25, 0.3) is 0 Å². The second-order valence-electron chi connectivity index (χ2n) is 8.04. The summed E-state index contributed by atoms with van der Waals surface area (Å²) in [5.41, 5.74) is 5.23. The van der Waals surface area contributed by atoms with Gasteiger partial charge in [0.1, 0.15) is 23.9 Å². The molecule has 0 unspecified atom stereocenters. The summed E-state index contributed by atoms with van der Waals surface area (Å²) >= 11 is 7.53. The second-order valence-corrected chi connectivity index (χ2v) is 9.63. The van der Waals surface area contributed by atoms with Crippen molar-refractivity contribution < 1.29 is 25.6 Å². The van der Waals surface area contributed by atoms with E-state index < -0.39 is 0 Å². The van der Waals surface area contributed by atoms with Crippen LogP contribution >= 0.6 is 31.9 Å². The van der Waals surface area contributed by atoms with Crippen LogP contribution in [0, 0.1) is 0 Å². The first-order chi connectivity index (χ1) is 14.8. The molecule has 3 heterocycles. The number of rotatable bonds is 6. The van der Waals surface area contributed by atoms with Crippen molar-refractivity contribution in [2.24, 2.45) is 0 Å². The Balaban J connectivity index is 0.00000289. The van der Waals surface area contributed by atoms with Crippen LogP contribution in [0.2, 0.25) is 0 Å². The van der Waals surface area contributed by atoms with Crippen molar-refractivity contribution in [1.82, 2.24) is 15.0 Å². The Bertz CT molecular complexity index is 1130. The molecule has 5 nitrogen and oxygen atoms in total. The molecule has 0 saturated carbocycles. The first kappa shape index (κ1) is 24.9. The molecule has 0 N–H and O–H groups in total. The molecule has 32 heavy (non-hydrogen) atoms. The Labute approximate surface area is 214 Å². The number of benzene rings is 1. The van der Waals surface area contributed by atoms with Gasteiger partial charge in [-0.15, -0.1) is 0 Å². The summed E-state index contributed by atoms with van der Waals surface area (Å²) in [6.07, 6.45) is 4.07. The van der Waals surface area contributed by atoms with Gasteiger partial charge in [-0.3, -0.25) is 0 Å². The number of hydrogen-bond acceptors (Lipinski definition) is 5. The van der Waals surface area contributed by atoms with Crippen molar-refractivity contribution in [3.8, 4) is 23.2 Å². The van der Waals surface area contributed by atoms with E-state index in [1.54, 1.807) is 12.5 Å². The van der Waals surface area contributed by atoms with Gasteiger partial charge in [-0.05, 0) is 61.2 Å². The molecule has 169 valence electrons. The molecule has 0 amide bonds. The molecule has 3 aromatic heterocycles. The minimum Gasteiger partial charge on any atom is -0.443 e. The number of pyridine rings is 1. The molecule has 0 saturated heterocycles. The standard InChI is InChI=1S/C24H23Br2N3O2.Co/c1-13(2)17-11-30-23(27-17)21-19(25)16(10-15-8-6-5-7-9-15)20(26)22(29-21)24-28-18(12-31-24)14(3)4;/h5-9,11-14H,10H2,1-4H3;. The van der Waals surface area contributed by atoms with Crippen LogP contribution in [0.25, 0.3) is 23.2 Å². The van der Waals surface area contributed by atoms with E-state index in [9.17, 15) is 0 Å². The zero-order chi connectivity index (χ0) is 22.1. The number of aromatic nitrogens is 3. The van der Waals surface area contributed by atoms with Crippen LogP contribution in [0.3, 0.4) is 0 Å². The molecule has 0 aliphatic heterocycles. The molecular weight excluding hydrogens is 581 g/mol. The fraction of sp³-hybridized carbons (Fsp3) is 0.292. The maximum absolute atomic E-state index is 5.80. The van der Waals surface area contributed by atoms with Gasteiger partial charge < -0.3 is 8.83 Å². The number of nitrogens with zero attached hydrogens (tertiary/aromatic N) is 3. The molecule has 0 atom stereocenters. The molecule has 8 heteroatoms. The molecule has 1 aromatic carbocycles. The van der Waals surface area contributed by atoms with Crippen LogP contribution < -0.4 is 0 Å². The average Bonchev–Trinajstić information content (AvgIpc) is 3.42. The summed E-state index contributed by atoms with van der Waals surface area (Å²) < 4.78 is 13.3. The summed E-state index contributed by atoms with van der Waals surface area (Å²) in [5.74, 6) is 1.45. The first-order valence-electron chi connectivity index (χ1n) is 10.2. The van der Waals surface area contributed by atoms with Crippen molar-refractivity contribution in [3.05, 3.63) is 74.3 Å². The number of oxazole rings is 2. The molecule has 0 fully saturated rings. The number of halogens is 2. The van der Waals surface area contributed by atoms with Crippen LogP contribution in [0.4, 0.5) is 0 Å². The van der Waals surface area contributed by atoms with Gasteiger partial charge >= 0.3 is 0 Å². The topological polar surface area (TPSA) is 65.0 Å². The van der Waals surface area contributed by atoms with Gasteiger partial charge in [-0.2, -0.15) is 0 Å². The minimum absolute atomic E-state index is 0. The van der Waals surface area contributed by atoms with Crippen LogP contribution in [-0.4, -0.2) is 15.0 Å². The zero-order valence-electron chi connectivity index (χ0n) is 18.2. The van der Waals surface area contributed by atoms with Crippen LogP contribution in [0.15, 0.2) is 60.6 Å². The third-order valence-electron chi connectivity index (χ3n) is 5.03. The first-order valence-corrected chi connectivity index (χ1v) is 11.8. The molecule has 0 bridgehead atoms. The SMILES string of the molecule is CC(C)c1coc(-c2nc(-c3nc(C(C)C)co3)c(Br)c(Cc3ccccc3)c2Br)n1.[Co]. The normalized spacial score (nSPS) is 11.2. The third kappa shape index (κ3) is 5.08. The van der Waals surface area contributed by atoms with E-state index in [2.05, 4.69) is 81.7 Å². The molecular formula is C24H23Br2CoN3O2. The van der Waals surface area contributed by atoms with Crippen molar-refractivity contribution >= 4 is 31.9 Å².